The van der Waals surface area contributed by atoms with Crippen LogP contribution in [0.3, 0.4) is 0 Å². The summed E-state index contributed by atoms with van der Waals surface area (Å²) in [5.74, 6) is 0. The van der Waals surface area contributed by atoms with Crippen molar-refractivity contribution in [3.8, 4) is 0 Å². The van der Waals surface area contributed by atoms with Crippen molar-refractivity contribution in [1.29, 1.82) is 0 Å². The first-order valence-corrected chi connectivity index (χ1v) is 7.59. The quantitative estimate of drug-likeness (QED) is 0.471. The molecule has 2 nitrogen and oxygen atoms in total. The van der Waals surface area contributed by atoms with Gasteiger partial charge in [0.05, 0.1) is 18.2 Å². The lowest BCUT2D eigenvalue weighted by Crippen LogP contribution is -2.34. The van der Waals surface area contributed by atoms with Gasteiger partial charge < -0.3 is 0 Å². The lowest BCUT2D eigenvalue weighted by molar-refractivity contribution is -0.117. The molecule has 2 saturated heterocycles. The topological polar surface area (TPSA) is 12.5 Å². The molecular formula is C16H27NO. The number of hydrogen-bond acceptors (Lipinski definition) is 2. The largest absolute Gasteiger partial charge is 0.294 e. The zero-order valence-electron chi connectivity index (χ0n) is 11.7. The molecule has 0 saturated carbocycles. The molecule has 2 heterocycles. The standard InChI is InChI=1S/C16H27NO/c1-3-5-6-7-8-9-10-11-15-13-16-12-14(4-2)17(15)18-16/h4,10-11,14-16H,2-3,5-9,12-13H2,1H3/b11-10-/t14-,15+,16+/m0/s1. The monoisotopic (exact) mass is 249 g/mol. The van der Waals surface area contributed by atoms with Gasteiger partial charge in [-0.2, -0.15) is 5.06 Å². The molecule has 2 aliphatic heterocycles. The molecule has 1 unspecified atom stereocenters. The first-order chi connectivity index (χ1) is 8.85. The van der Waals surface area contributed by atoms with Gasteiger partial charge in [0, 0.05) is 0 Å². The van der Waals surface area contributed by atoms with E-state index in [9.17, 15) is 0 Å². The minimum Gasteiger partial charge on any atom is -0.294 e. The summed E-state index contributed by atoms with van der Waals surface area (Å²) < 4.78 is 0. The van der Waals surface area contributed by atoms with Crippen molar-refractivity contribution < 1.29 is 4.84 Å². The number of allylic oxidation sites excluding steroid dienone is 1. The zero-order valence-corrected chi connectivity index (χ0v) is 11.7. The van der Waals surface area contributed by atoms with E-state index in [1.807, 2.05) is 6.08 Å². The number of unbranched alkanes of at least 4 members (excludes halogenated alkanes) is 5. The zero-order chi connectivity index (χ0) is 12.8. The van der Waals surface area contributed by atoms with Gasteiger partial charge in [-0.05, 0) is 25.7 Å². The Morgan fingerprint density at radius 3 is 2.67 bits per heavy atom. The minimum absolute atomic E-state index is 0.433. The second kappa shape index (κ2) is 7.10. The van der Waals surface area contributed by atoms with Crippen molar-refractivity contribution in [3.05, 3.63) is 24.8 Å². The third kappa shape index (κ3) is 3.46. The molecule has 0 spiro atoms. The van der Waals surface area contributed by atoms with Crippen molar-refractivity contribution in [3.63, 3.8) is 0 Å². The fourth-order valence-corrected chi connectivity index (χ4v) is 2.99. The SMILES string of the molecule is C=C[C@H]1C[C@@H]2C[C@@H](/C=C\CCCCCCC)N1O2. The first kappa shape index (κ1) is 13.8. The summed E-state index contributed by atoms with van der Waals surface area (Å²) in [6.45, 7) is 6.15. The number of fused-ring (bicyclic) bond motifs is 2. The molecule has 0 aromatic carbocycles. The van der Waals surface area contributed by atoms with Gasteiger partial charge in [0.15, 0.2) is 0 Å². The summed E-state index contributed by atoms with van der Waals surface area (Å²) >= 11 is 0. The molecule has 0 radical (unpaired) electrons. The molecule has 0 aromatic heterocycles. The fraction of sp³-hybridized carbons (Fsp3) is 0.750. The maximum absolute atomic E-state index is 5.81. The van der Waals surface area contributed by atoms with Crippen LogP contribution in [0.25, 0.3) is 0 Å². The number of rotatable bonds is 8. The Labute approximate surface area is 112 Å². The molecule has 2 bridgehead atoms. The summed E-state index contributed by atoms with van der Waals surface area (Å²) in [5, 5.41) is 2.14. The summed E-state index contributed by atoms with van der Waals surface area (Å²) in [4.78, 5) is 5.81. The molecule has 0 aromatic rings. The normalized spacial score (nSPS) is 34.5. The van der Waals surface area contributed by atoms with E-state index in [0.29, 0.717) is 18.2 Å². The Hall–Kier alpha value is -0.600. The Morgan fingerprint density at radius 2 is 1.94 bits per heavy atom. The van der Waals surface area contributed by atoms with Crippen molar-refractivity contribution in [2.45, 2.75) is 76.5 Å². The van der Waals surface area contributed by atoms with Crippen LogP contribution < -0.4 is 0 Å². The lowest BCUT2D eigenvalue weighted by atomic mass is 9.97. The van der Waals surface area contributed by atoms with Gasteiger partial charge >= 0.3 is 0 Å². The predicted octanol–water partition coefficient (Wildman–Crippen LogP) is 4.24. The maximum atomic E-state index is 5.81. The molecule has 2 fully saturated rings. The Balaban J connectivity index is 1.63. The number of hydrogen-bond donors (Lipinski definition) is 0. The number of nitrogens with zero attached hydrogens (tertiary/aromatic N) is 1. The van der Waals surface area contributed by atoms with Gasteiger partial charge in [-0.1, -0.05) is 50.8 Å². The summed E-state index contributed by atoms with van der Waals surface area (Å²) in [6, 6.07) is 0.922. The van der Waals surface area contributed by atoms with Crippen LogP contribution in [0, 0.1) is 0 Å². The van der Waals surface area contributed by atoms with Crippen LogP contribution in [0.4, 0.5) is 0 Å². The van der Waals surface area contributed by atoms with Crippen LogP contribution >= 0.6 is 0 Å². The molecular weight excluding hydrogens is 222 g/mol. The third-order valence-electron chi connectivity index (χ3n) is 4.04. The van der Waals surface area contributed by atoms with E-state index in [1.54, 1.807) is 0 Å². The van der Waals surface area contributed by atoms with E-state index in [1.165, 1.54) is 38.5 Å². The Kier molecular flexibility index (Phi) is 5.45. The van der Waals surface area contributed by atoms with E-state index in [2.05, 4.69) is 30.7 Å². The fourth-order valence-electron chi connectivity index (χ4n) is 2.99. The van der Waals surface area contributed by atoms with Gasteiger partial charge in [-0.25, -0.2) is 0 Å². The molecule has 18 heavy (non-hydrogen) atoms. The average molecular weight is 249 g/mol. The van der Waals surface area contributed by atoms with Crippen LogP contribution in [-0.4, -0.2) is 23.3 Å². The second-order valence-corrected chi connectivity index (χ2v) is 5.56. The maximum Gasteiger partial charge on any atom is 0.0831 e. The third-order valence-corrected chi connectivity index (χ3v) is 4.04. The number of piperidine rings is 1. The van der Waals surface area contributed by atoms with Gasteiger partial charge in [-0.15, -0.1) is 6.58 Å². The molecule has 2 rings (SSSR count). The molecule has 0 amide bonds. The Morgan fingerprint density at radius 1 is 1.17 bits per heavy atom. The van der Waals surface area contributed by atoms with Crippen LogP contribution in [-0.2, 0) is 4.84 Å². The van der Waals surface area contributed by atoms with Crippen LogP contribution in [0.5, 0.6) is 0 Å². The minimum atomic E-state index is 0.433. The highest BCUT2D eigenvalue weighted by Crippen LogP contribution is 2.36. The van der Waals surface area contributed by atoms with E-state index in [0.717, 1.165) is 12.8 Å². The highest BCUT2D eigenvalue weighted by molar-refractivity contribution is 5.06. The van der Waals surface area contributed by atoms with E-state index < -0.39 is 0 Å². The average Bonchev–Trinajstić information content (AvgIpc) is 2.97. The number of hydroxylamine groups is 2. The van der Waals surface area contributed by atoms with Crippen molar-refractivity contribution >= 4 is 0 Å². The van der Waals surface area contributed by atoms with Gasteiger partial charge in [0.25, 0.3) is 0 Å². The van der Waals surface area contributed by atoms with Gasteiger partial charge in [0.2, 0.25) is 0 Å². The van der Waals surface area contributed by atoms with Crippen molar-refractivity contribution in [1.82, 2.24) is 5.06 Å². The predicted molar refractivity (Wildman–Crippen MR) is 76.2 cm³/mol. The molecule has 2 aliphatic rings. The van der Waals surface area contributed by atoms with E-state index >= 15 is 0 Å². The summed E-state index contributed by atoms with van der Waals surface area (Å²) in [6.07, 6.45) is 17.5. The highest BCUT2D eigenvalue weighted by atomic mass is 16.7. The van der Waals surface area contributed by atoms with Crippen LogP contribution in [0.1, 0.15) is 58.3 Å². The Bertz CT molecular complexity index is 287. The van der Waals surface area contributed by atoms with E-state index in [-0.39, 0.29) is 0 Å². The van der Waals surface area contributed by atoms with Crippen LogP contribution in [0.2, 0.25) is 0 Å². The van der Waals surface area contributed by atoms with Crippen LogP contribution in [0.15, 0.2) is 24.8 Å². The molecule has 4 atom stereocenters. The molecule has 0 aliphatic carbocycles. The van der Waals surface area contributed by atoms with Gasteiger partial charge in [-0.3, -0.25) is 4.84 Å². The van der Waals surface area contributed by atoms with Crippen molar-refractivity contribution in [2.75, 3.05) is 0 Å². The van der Waals surface area contributed by atoms with Gasteiger partial charge in [0.1, 0.15) is 0 Å². The molecule has 2 heteroatoms. The summed E-state index contributed by atoms with van der Waals surface area (Å²) in [5.41, 5.74) is 0. The lowest BCUT2D eigenvalue weighted by Gasteiger charge is -2.24. The summed E-state index contributed by atoms with van der Waals surface area (Å²) in [7, 11) is 0. The first-order valence-electron chi connectivity index (χ1n) is 7.59. The highest BCUT2D eigenvalue weighted by Gasteiger charge is 2.43. The molecule has 102 valence electrons. The smallest absolute Gasteiger partial charge is 0.0831 e. The van der Waals surface area contributed by atoms with Crippen molar-refractivity contribution in [2.24, 2.45) is 0 Å². The van der Waals surface area contributed by atoms with E-state index in [4.69, 9.17) is 4.84 Å². The molecule has 0 N–H and O–H groups in total. The second-order valence-electron chi connectivity index (χ2n) is 5.56.